The zero-order chi connectivity index (χ0) is 29.6. The first-order valence-electron chi connectivity index (χ1n) is 14.6. The number of aryl methyl sites for hydroxylation is 1. The highest BCUT2D eigenvalue weighted by Crippen LogP contribution is 2.30. The van der Waals surface area contributed by atoms with Crippen molar-refractivity contribution in [3.63, 3.8) is 0 Å². The molecule has 1 saturated carbocycles. The number of anilines is 2. The van der Waals surface area contributed by atoms with Gasteiger partial charge in [0.25, 0.3) is 17.7 Å². The third kappa shape index (κ3) is 7.15. The van der Waals surface area contributed by atoms with Crippen molar-refractivity contribution in [2.45, 2.75) is 51.1 Å². The number of hydrogen-bond acceptors (Lipinski definition) is 5. The topological polar surface area (TPSA) is 108 Å². The molecule has 0 aromatic heterocycles. The zero-order valence-corrected chi connectivity index (χ0v) is 23.9. The monoisotopic (exact) mass is 571 g/mol. The van der Waals surface area contributed by atoms with Gasteiger partial charge in [-0.05, 0) is 87.6 Å². The minimum absolute atomic E-state index is 0.00383. The highest BCUT2D eigenvalue weighted by atomic mass is 19.1. The van der Waals surface area contributed by atoms with Gasteiger partial charge in [-0.2, -0.15) is 0 Å². The molecule has 220 valence electrons. The Hall–Kier alpha value is -4.24. The Balaban J connectivity index is 1.36. The Morgan fingerprint density at radius 3 is 2.31 bits per heavy atom. The van der Waals surface area contributed by atoms with Crippen molar-refractivity contribution in [3.05, 3.63) is 94.8 Å². The average Bonchev–Trinajstić information content (AvgIpc) is 3.24. The maximum atomic E-state index is 13.9. The molecule has 0 unspecified atom stereocenters. The van der Waals surface area contributed by atoms with E-state index in [0.29, 0.717) is 43.0 Å². The van der Waals surface area contributed by atoms with Crippen LogP contribution in [0, 0.1) is 12.7 Å². The van der Waals surface area contributed by atoms with Crippen molar-refractivity contribution in [2.75, 3.05) is 36.4 Å². The summed E-state index contributed by atoms with van der Waals surface area (Å²) in [5.41, 5.74) is 9.53. The lowest BCUT2D eigenvalue weighted by Gasteiger charge is -2.28. The van der Waals surface area contributed by atoms with E-state index in [2.05, 4.69) is 15.5 Å². The molecule has 42 heavy (non-hydrogen) atoms. The molecule has 0 atom stereocenters. The first-order chi connectivity index (χ1) is 20.3. The largest absolute Gasteiger partial charge is 0.368 e. The highest BCUT2D eigenvalue weighted by Gasteiger charge is 2.25. The van der Waals surface area contributed by atoms with Crippen molar-refractivity contribution < 1.29 is 18.8 Å². The number of amides is 3. The Labute approximate surface area is 246 Å². The average molecular weight is 572 g/mol. The number of halogens is 1. The van der Waals surface area contributed by atoms with E-state index in [1.807, 2.05) is 42.2 Å². The van der Waals surface area contributed by atoms with Crippen LogP contribution in [0.25, 0.3) is 0 Å². The van der Waals surface area contributed by atoms with Gasteiger partial charge in [-0.3, -0.25) is 14.4 Å². The summed E-state index contributed by atoms with van der Waals surface area (Å²) in [7, 11) is 0. The van der Waals surface area contributed by atoms with Crippen molar-refractivity contribution in [3.8, 4) is 0 Å². The van der Waals surface area contributed by atoms with Gasteiger partial charge in [-0.25, -0.2) is 4.39 Å². The minimum atomic E-state index is -0.505. The molecule has 3 aromatic carbocycles. The third-order valence-corrected chi connectivity index (χ3v) is 8.09. The fourth-order valence-corrected chi connectivity index (χ4v) is 5.73. The van der Waals surface area contributed by atoms with Gasteiger partial charge >= 0.3 is 0 Å². The molecule has 1 aliphatic carbocycles. The van der Waals surface area contributed by atoms with E-state index >= 15 is 0 Å². The van der Waals surface area contributed by atoms with Gasteiger partial charge in [-0.15, -0.1) is 0 Å². The SMILES string of the molecule is Cc1cccc(C(=O)N2CCCN(c3ccc(C(=O)NC4CCC(N)CC4)cc3NC(=O)c3cccc(F)c3)CC2)c1. The van der Waals surface area contributed by atoms with Crippen molar-refractivity contribution >= 4 is 29.1 Å². The molecule has 3 amide bonds. The lowest BCUT2D eigenvalue weighted by Crippen LogP contribution is -2.40. The smallest absolute Gasteiger partial charge is 0.255 e. The maximum absolute atomic E-state index is 13.9. The summed E-state index contributed by atoms with van der Waals surface area (Å²) in [4.78, 5) is 43.6. The Morgan fingerprint density at radius 1 is 0.810 bits per heavy atom. The number of nitrogens with two attached hydrogens (primary N) is 1. The molecule has 8 nitrogen and oxygen atoms in total. The molecule has 1 aliphatic heterocycles. The van der Waals surface area contributed by atoms with E-state index in [-0.39, 0.29) is 29.5 Å². The van der Waals surface area contributed by atoms with Crippen LogP contribution in [-0.4, -0.2) is 60.9 Å². The predicted octanol–water partition coefficient (Wildman–Crippen LogP) is 4.74. The predicted molar refractivity (Wildman–Crippen MR) is 162 cm³/mol. The standard InChI is InChI=1S/C33H38FN5O3/c1-22-5-2-7-25(19-22)33(42)39-16-4-15-38(17-18-39)30-14-9-24(31(40)36-28-12-10-27(35)11-13-28)21-29(30)37-32(41)23-6-3-8-26(34)20-23/h2-3,5-9,14,19-21,27-28H,4,10-13,15-18,35H2,1H3,(H,36,40)(H,37,41). The zero-order valence-electron chi connectivity index (χ0n) is 23.9. The van der Waals surface area contributed by atoms with E-state index < -0.39 is 11.7 Å². The summed E-state index contributed by atoms with van der Waals surface area (Å²) >= 11 is 0. The second-order valence-corrected chi connectivity index (χ2v) is 11.3. The minimum Gasteiger partial charge on any atom is -0.368 e. The summed E-state index contributed by atoms with van der Waals surface area (Å²) in [6, 6.07) is 18.6. The molecule has 1 saturated heterocycles. The number of hydrogen-bond donors (Lipinski definition) is 3. The quantitative estimate of drug-likeness (QED) is 0.396. The van der Waals surface area contributed by atoms with Crippen LogP contribution in [0.15, 0.2) is 66.7 Å². The molecule has 9 heteroatoms. The highest BCUT2D eigenvalue weighted by molar-refractivity contribution is 6.07. The van der Waals surface area contributed by atoms with Gasteiger partial charge in [0.15, 0.2) is 0 Å². The molecule has 0 spiro atoms. The summed E-state index contributed by atoms with van der Waals surface area (Å²) in [5.74, 6) is -1.19. The fourth-order valence-electron chi connectivity index (χ4n) is 5.73. The van der Waals surface area contributed by atoms with E-state index in [1.165, 1.54) is 18.2 Å². The number of carbonyl (C=O) groups is 3. The molecule has 1 heterocycles. The molecule has 2 aliphatic rings. The van der Waals surface area contributed by atoms with Crippen LogP contribution in [0.3, 0.4) is 0 Å². The third-order valence-electron chi connectivity index (χ3n) is 8.09. The first kappa shape index (κ1) is 29.3. The molecule has 2 fully saturated rings. The van der Waals surface area contributed by atoms with Gasteiger partial charge in [0.2, 0.25) is 0 Å². The van der Waals surface area contributed by atoms with Crippen LogP contribution in [0.4, 0.5) is 15.8 Å². The Bertz CT molecular complexity index is 1450. The van der Waals surface area contributed by atoms with E-state index in [1.54, 1.807) is 18.2 Å². The normalized spacial score (nSPS) is 19.1. The summed E-state index contributed by atoms with van der Waals surface area (Å²) in [6.07, 6.45) is 4.15. The van der Waals surface area contributed by atoms with Gasteiger partial charge in [0.1, 0.15) is 5.82 Å². The summed E-state index contributed by atoms with van der Waals surface area (Å²) in [6.45, 7) is 4.30. The number of nitrogens with zero attached hydrogens (tertiary/aromatic N) is 2. The van der Waals surface area contributed by atoms with Crippen molar-refractivity contribution in [1.29, 1.82) is 0 Å². The molecule has 3 aromatic rings. The Kier molecular flexibility index (Phi) is 9.17. The fraction of sp³-hybridized carbons (Fsp3) is 0.364. The molecule has 5 rings (SSSR count). The molecule has 0 bridgehead atoms. The van der Waals surface area contributed by atoms with Crippen molar-refractivity contribution in [1.82, 2.24) is 10.2 Å². The summed E-state index contributed by atoms with van der Waals surface area (Å²) in [5, 5.41) is 6.03. The molecular formula is C33H38FN5O3. The maximum Gasteiger partial charge on any atom is 0.255 e. The van der Waals surface area contributed by atoms with Gasteiger partial charge in [0.05, 0.1) is 11.4 Å². The van der Waals surface area contributed by atoms with Crippen molar-refractivity contribution in [2.24, 2.45) is 5.73 Å². The van der Waals surface area contributed by atoms with Gasteiger partial charge in [0, 0.05) is 55.0 Å². The number of carbonyl (C=O) groups excluding carboxylic acids is 3. The Morgan fingerprint density at radius 2 is 1.55 bits per heavy atom. The van der Waals surface area contributed by atoms with Crippen LogP contribution in [0.2, 0.25) is 0 Å². The van der Waals surface area contributed by atoms with E-state index in [4.69, 9.17) is 5.73 Å². The second-order valence-electron chi connectivity index (χ2n) is 11.3. The number of nitrogens with one attached hydrogen (secondary N) is 2. The van der Waals surface area contributed by atoms with Crippen LogP contribution in [-0.2, 0) is 0 Å². The molecule has 4 N–H and O–H groups in total. The first-order valence-corrected chi connectivity index (χ1v) is 14.6. The summed E-state index contributed by atoms with van der Waals surface area (Å²) < 4.78 is 13.9. The number of rotatable bonds is 6. The van der Waals surface area contributed by atoms with Gasteiger partial charge < -0.3 is 26.2 Å². The lowest BCUT2D eigenvalue weighted by molar-refractivity contribution is 0.0766. The second kappa shape index (κ2) is 13.2. The van der Waals surface area contributed by atoms with Crippen LogP contribution < -0.4 is 21.3 Å². The van der Waals surface area contributed by atoms with E-state index in [9.17, 15) is 18.8 Å². The van der Waals surface area contributed by atoms with Gasteiger partial charge in [-0.1, -0.05) is 23.8 Å². The lowest BCUT2D eigenvalue weighted by atomic mass is 9.91. The molecule has 0 radical (unpaired) electrons. The van der Waals surface area contributed by atoms with Crippen LogP contribution in [0.1, 0.15) is 68.7 Å². The van der Waals surface area contributed by atoms with E-state index in [0.717, 1.165) is 43.4 Å². The number of benzene rings is 3. The van der Waals surface area contributed by atoms with Crippen LogP contribution >= 0.6 is 0 Å². The molecular weight excluding hydrogens is 533 g/mol. The van der Waals surface area contributed by atoms with Crippen LogP contribution in [0.5, 0.6) is 0 Å².